The summed E-state index contributed by atoms with van der Waals surface area (Å²) >= 11 is 3.08. The summed E-state index contributed by atoms with van der Waals surface area (Å²) in [5, 5.41) is 3.33. The van der Waals surface area contributed by atoms with Gasteiger partial charge in [0.15, 0.2) is 0 Å². The molecule has 0 aromatic heterocycles. The van der Waals surface area contributed by atoms with Crippen LogP contribution >= 0.6 is 15.9 Å². The largest absolute Gasteiger partial charge is 0.314 e. The Labute approximate surface area is 133 Å². The van der Waals surface area contributed by atoms with Crippen LogP contribution in [0.4, 0.5) is 10.1 Å². The van der Waals surface area contributed by atoms with E-state index >= 15 is 0 Å². The standard InChI is InChI=1S/C14H20BrFN2O2S/c1-10-8-12(15)13(16)9-14(10)18-21(19,20)7-5-11-4-2-3-6-17-11/h8-9,11,17-18H,2-7H2,1H3. The number of benzene rings is 1. The second kappa shape index (κ2) is 7.07. The average molecular weight is 379 g/mol. The number of halogens is 2. The molecule has 4 nitrogen and oxygen atoms in total. The molecule has 1 heterocycles. The maximum absolute atomic E-state index is 13.5. The van der Waals surface area contributed by atoms with Gasteiger partial charge in [0.05, 0.1) is 15.9 Å². The van der Waals surface area contributed by atoms with Crippen molar-refractivity contribution in [1.82, 2.24) is 5.32 Å². The van der Waals surface area contributed by atoms with Gasteiger partial charge in [-0.2, -0.15) is 0 Å². The lowest BCUT2D eigenvalue weighted by molar-refractivity contribution is 0.393. The molecule has 7 heteroatoms. The van der Waals surface area contributed by atoms with Crippen molar-refractivity contribution in [2.24, 2.45) is 0 Å². The van der Waals surface area contributed by atoms with Crippen LogP contribution in [0.25, 0.3) is 0 Å². The maximum atomic E-state index is 13.5. The molecule has 1 aromatic rings. The van der Waals surface area contributed by atoms with Gasteiger partial charge in [-0.15, -0.1) is 0 Å². The number of hydrogen-bond donors (Lipinski definition) is 2. The molecule has 0 spiro atoms. The van der Waals surface area contributed by atoms with Crippen LogP contribution in [0.5, 0.6) is 0 Å². The van der Waals surface area contributed by atoms with Crippen LogP contribution in [0.2, 0.25) is 0 Å². The van der Waals surface area contributed by atoms with Gasteiger partial charge in [0.2, 0.25) is 10.0 Å². The minimum atomic E-state index is -3.46. The lowest BCUT2D eigenvalue weighted by Crippen LogP contribution is -2.36. The fourth-order valence-electron chi connectivity index (χ4n) is 2.44. The first-order valence-corrected chi connectivity index (χ1v) is 9.51. The second-order valence-corrected chi connectivity index (χ2v) is 8.13. The highest BCUT2D eigenvalue weighted by molar-refractivity contribution is 9.10. The zero-order chi connectivity index (χ0) is 15.5. The zero-order valence-electron chi connectivity index (χ0n) is 12.0. The highest BCUT2D eigenvalue weighted by atomic mass is 79.9. The minimum absolute atomic E-state index is 0.0434. The fraction of sp³-hybridized carbons (Fsp3) is 0.571. The predicted molar refractivity (Wildman–Crippen MR) is 86.5 cm³/mol. The average Bonchev–Trinajstić information content (AvgIpc) is 2.44. The first-order chi connectivity index (χ1) is 9.87. The van der Waals surface area contributed by atoms with E-state index in [2.05, 4.69) is 26.0 Å². The van der Waals surface area contributed by atoms with Gasteiger partial charge in [0, 0.05) is 6.04 Å². The second-order valence-electron chi connectivity index (χ2n) is 5.44. The van der Waals surface area contributed by atoms with Gasteiger partial charge >= 0.3 is 0 Å². The number of rotatable bonds is 5. The van der Waals surface area contributed by atoms with E-state index in [9.17, 15) is 12.8 Å². The Morgan fingerprint density at radius 1 is 1.43 bits per heavy atom. The summed E-state index contributed by atoms with van der Waals surface area (Å²) in [7, 11) is -3.46. The van der Waals surface area contributed by atoms with E-state index in [1.807, 2.05) is 0 Å². The van der Waals surface area contributed by atoms with Crippen LogP contribution in [0.15, 0.2) is 16.6 Å². The van der Waals surface area contributed by atoms with E-state index in [4.69, 9.17) is 0 Å². The van der Waals surface area contributed by atoms with Crippen LogP contribution in [0, 0.1) is 12.7 Å². The fourth-order valence-corrected chi connectivity index (χ4v) is 4.15. The number of nitrogens with one attached hydrogen (secondary N) is 2. The molecule has 1 unspecified atom stereocenters. The third-order valence-electron chi connectivity index (χ3n) is 3.68. The third kappa shape index (κ3) is 4.93. The SMILES string of the molecule is Cc1cc(Br)c(F)cc1NS(=O)(=O)CCC1CCCCN1. The van der Waals surface area contributed by atoms with Crippen LogP contribution in [0.1, 0.15) is 31.2 Å². The van der Waals surface area contributed by atoms with E-state index in [-0.39, 0.29) is 11.8 Å². The van der Waals surface area contributed by atoms with Gasteiger partial charge in [-0.05, 0) is 66.4 Å². The molecule has 1 aliphatic rings. The molecule has 0 bridgehead atoms. The Hall–Kier alpha value is -0.660. The highest BCUT2D eigenvalue weighted by Crippen LogP contribution is 2.25. The van der Waals surface area contributed by atoms with Crippen molar-refractivity contribution in [2.45, 2.75) is 38.6 Å². The molecular formula is C14H20BrFN2O2S. The van der Waals surface area contributed by atoms with Gasteiger partial charge in [-0.1, -0.05) is 6.42 Å². The number of aryl methyl sites for hydroxylation is 1. The van der Waals surface area contributed by atoms with E-state index < -0.39 is 15.8 Å². The van der Waals surface area contributed by atoms with E-state index in [1.54, 1.807) is 13.0 Å². The first kappa shape index (κ1) is 16.7. The Kier molecular flexibility index (Phi) is 5.62. The molecular weight excluding hydrogens is 359 g/mol. The molecule has 1 atom stereocenters. The van der Waals surface area contributed by atoms with E-state index in [0.717, 1.165) is 25.8 Å². The predicted octanol–water partition coefficient (Wildman–Crippen LogP) is 3.17. The smallest absolute Gasteiger partial charge is 0.232 e. The monoisotopic (exact) mass is 378 g/mol. The van der Waals surface area contributed by atoms with Gasteiger partial charge in [-0.25, -0.2) is 12.8 Å². The first-order valence-electron chi connectivity index (χ1n) is 7.07. The Balaban J connectivity index is 1.98. The molecule has 2 rings (SSSR count). The van der Waals surface area contributed by atoms with Gasteiger partial charge in [0.25, 0.3) is 0 Å². The summed E-state index contributed by atoms with van der Waals surface area (Å²) < 4.78 is 40.6. The zero-order valence-corrected chi connectivity index (χ0v) is 14.4. The number of anilines is 1. The quantitative estimate of drug-likeness (QED) is 0.826. The van der Waals surface area contributed by atoms with Crippen LogP contribution in [-0.2, 0) is 10.0 Å². The summed E-state index contributed by atoms with van der Waals surface area (Å²) in [4.78, 5) is 0. The Morgan fingerprint density at radius 2 is 2.19 bits per heavy atom. The van der Waals surface area contributed by atoms with Crippen molar-refractivity contribution in [2.75, 3.05) is 17.0 Å². The molecule has 1 saturated heterocycles. The van der Waals surface area contributed by atoms with Crippen LogP contribution in [0.3, 0.4) is 0 Å². The van der Waals surface area contributed by atoms with Gasteiger partial charge in [0.1, 0.15) is 5.82 Å². The Bertz CT molecular complexity index is 601. The van der Waals surface area contributed by atoms with Crippen molar-refractivity contribution in [3.63, 3.8) is 0 Å². The van der Waals surface area contributed by atoms with E-state index in [0.29, 0.717) is 22.1 Å². The lowest BCUT2D eigenvalue weighted by Gasteiger charge is -2.23. The van der Waals surface area contributed by atoms with Crippen molar-refractivity contribution >= 4 is 31.6 Å². The summed E-state index contributed by atoms with van der Waals surface area (Å²) in [6.07, 6.45) is 3.88. The van der Waals surface area contributed by atoms with Gasteiger partial charge < -0.3 is 5.32 Å². The molecule has 118 valence electrons. The van der Waals surface area contributed by atoms with Crippen LogP contribution < -0.4 is 10.0 Å². The van der Waals surface area contributed by atoms with Crippen molar-refractivity contribution in [3.05, 3.63) is 28.0 Å². The summed E-state index contributed by atoms with van der Waals surface area (Å²) in [5.41, 5.74) is 0.981. The Morgan fingerprint density at radius 3 is 2.86 bits per heavy atom. The lowest BCUT2D eigenvalue weighted by atomic mass is 10.0. The van der Waals surface area contributed by atoms with E-state index in [1.165, 1.54) is 6.07 Å². The molecule has 0 radical (unpaired) electrons. The topological polar surface area (TPSA) is 58.2 Å². The molecule has 21 heavy (non-hydrogen) atoms. The highest BCUT2D eigenvalue weighted by Gasteiger charge is 2.18. The molecule has 1 aromatic carbocycles. The molecule has 0 saturated carbocycles. The summed E-state index contributed by atoms with van der Waals surface area (Å²) in [6.45, 7) is 2.69. The normalized spacial score (nSPS) is 19.5. The molecule has 1 fully saturated rings. The number of piperidine rings is 1. The van der Waals surface area contributed by atoms with Crippen molar-refractivity contribution in [3.8, 4) is 0 Å². The maximum Gasteiger partial charge on any atom is 0.232 e. The minimum Gasteiger partial charge on any atom is -0.314 e. The number of sulfonamides is 1. The van der Waals surface area contributed by atoms with Gasteiger partial charge in [-0.3, -0.25) is 4.72 Å². The molecule has 1 aliphatic heterocycles. The van der Waals surface area contributed by atoms with Crippen molar-refractivity contribution < 1.29 is 12.8 Å². The van der Waals surface area contributed by atoms with Crippen LogP contribution in [-0.4, -0.2) is 26.8 Å². The summed E-state index contributed by atoms with van der Waals surface area (Å²) in [5.74, 6) is -0.436. The summed E-state index contributed by atoms with van der Waals surface area (Å²) in [6, 6.07) is 3.03. The molecule has 0 aliphatic carbocycles. The molecule has 2 N–H and O–H groups in total. The number of hydrogen-bond acceptors (Lipinski definition) is 3. The third-order valence-corrected chi connectivity index (χ3v) is 5.59. The van der Waals surface area contributed by atoms with Crippen molar-refractivity contribution in [1.29, 1.82) is 0 Å². The molecule has 0 amide bonds.